The molecular weight excluding hydrogens is 352 g/mol. The molecule has 0 saturated heterocycles. The van der Waals surface area contributed by atoms with Gasteiger partial charge in [-0.2, -0.15) is 0 Å². The quantitative estimate of drug-likeness (QED) is 0.540. The van der Waals surface area contributed by atoms with Gasteiger partial charge in [0.25, 0.3) is 5.91 Å². The number of hydrogen-bond acceptors (Lipinski definition) is 4. The van der Waals surface area contributed by atoms with E-state index in [1.807, 2.05) is 54.6 Å². The fourth-order valence-electron chi connectivity index (χ4n) is 2.94. The number of ether oxygens (including phenoxy) is 1. The Labute approximate surface area is 162 Å². The number of nitrogens with one attached hydrogen (secondary N) is 1. The maximum absolute atomic E-state index is 12.4. The first-order chi connectivity index (χ1) is 13.8. The first-order valence-electron chi connectivity index (χ1n) is 9.05. The fraction of sp³-hybridized carbons (Fsp3) is 0.136. The van der Waals surface area contributed by atoms with E-state index in [1.54, 1.807) is 29.1 Å². The Balaban J connectivity index is 1.32. The van der Waals surface area contributed by atoms with Crippen LogP contribution in [0.4, 0.5) is 0 Å². The van der Waals surface area contributed by atoms with Crippen molar-refractivity contribution in [3.05, 3.63) is 102 Å². The maximum atomic E-state index is 12.4. The fourth-order valence-corrected chi connectivity index (χ4v) is 2.94. The summed E-state index contributed by atoms with van der Waals surface area (Å²) in [6, 6.07) is 21.6. The average Bonchev–Trinajstić information content (AvgIpc) is 3.21. The minimum Gasteiger partial charge on any atom is -0.372 e. The molecule has 1 N–H and O–H groups in total. The Morgan fingerprint density at radius 1 is 0.929 bits per heavy atom. The van der Waals surface area contributed by atoms with Gasteiger partial charge in [0.1, 0.15) is 6.33 Å². The van der Waals surface area contributed by atoms with E-state index in [1.165, 1.54) is 0 Å². The molecular formula is C22H20N4O2. The van der Waals surface area contributed by atoms with E-state index in [9.17, 15) is 4.79 Å². The van der Waals surface area contributed by atoms with Gasteiger partial charge < -0.3 is 10.1 Å². The van der Waals surface area contributed by atoms with Crippen molar-refractivity contribution in [2.45, 2.75) is 19.8 Å². The molecule has 0 spiro atoms. The second kappa shape index (κ2) is 8.45. The Morgan fingerprint density at radius 2 is 1.71 bits per heavy atom. The number of aromatic nitrogens is 3. The van der Waals surface area contributed by atoms with Gasteiger partial charge in [0, 0.05) is 12.7 Å². The van der Waals surface area contributed by atoms with Crippen molar-refractivity contribution >= 4 is 11.6 Å². The smallest absolute Gasteiger partial charge is 0.253 e. The summed E-state index contributed by atoms with van der Waals surface area (Å²) in [6.07, 6.45) is 3.30. The zero-order valence-corrected chi connectivity index (χ0v) is 15.3. The maximum Gasteiger partial charge on any atom is 0.253 e. The van der Waals surface area contributed by atoms with Crippen LogP contribution in [0.25, 0.3) is 5.65 Å². The van der Waals surface area contributed by atoms with Crippen LogP contribution in [0.15, 0.2) is 79.3 Å². The van der Waals surface area contributed by atoms with Gasteiger partial charge in [0.2, 0.25) is 0 Å². The van der Waals surface area contributed by atoms with E-state index < -0.39 is 0 Å². The number of pyridine rings is 1. The minimum absolute atomic E-state index is 0.138. The molecule has 4 aromatic rings. The molecule has 0 atom stereocenters. The summed E-state index contributed by atoms with van der Waals surface area (Å²) in [6.45, 7) is 1.56. The summed E-state index contributed by atoms with van der Waals surface area (Å²) in [5, 5.41) is 10.7. The third kappa shape index (κ3) is 4.42. The highest BCUT2D eigenvalue weighted by Crippen LogP contribution is 2.10. The van der Waals surface area contributed by atoms with Gasteiger partial charge in [-0.3, -0.25) is 9.20 Å². The first-order valence-corrected chi connectivity index (χ1v) is 9.05. The van der Waals surface area contributed by atoms with Crippen molar-refractivity contribution in [2.24, 2.45) is 0 Å². The normalized spacial score (nSPS) is 10.9. The van der Waals surface area contributed by atoms with Crippen LogP contribution in [0.2, 0.25) is 0 Å². The monoisotopic (exact) mass is 372 g/mol. The molecule has 6 nitrogen and oxygen atoms in total. The summed E-state index contributed by atoms with van der Waals surface area (Å²) >= 11 is 0. The van der Waals surface area contributed by atoms with Gasteiger partial charge >= 0.3 is 0 Å². The van der Waals surface area contributed by atoms with E-state index in [-0.39, 0.29) is 5.91 Å². The van der Waals surface area contributed by atoms with E-state index >= 15 is 0 Å². The van der Waals surface area contributed by atoms with Gasteiger partial charge in [-0.25, -0.2) is 0 Å². The summed E-state index contributed by atoms with van der Waals surface area (Å²) in [4.78, 5) is 12.4. The lowest BCUT2D eigenvalue weighted by atomic mass is 10.1. The Kier molecular flexibility index (Phi) is 5.40. The van der Waals surface area contributed by atoms with Gasteiger partial charge in [0.15, 0.2) is 5.65 Å². The van der Waals surface area contributed by atoms with Crippen LogP contribution in [-0.2, 0) is 24.5 Å². The number of amides is 1. The molecule has 4 rings (SSSR count). The lowest BCUT2D eigenvalue weighted by molar-refractivity contribution is 0.0950. The highest BCUT2D eigenvalue weighted by Gasteiger charge is 2.07. The van der Waals surface area contributed by atoms with E-state index in [2.05, 4.69) is 15.5 Å². The van der Waals surface area contributed by atoms with E-state index in [4.69, 9.17) is 4.74 Å². The number of rotatable bonds is 7. The number of hydrogen-bond donors (Lipinski definition) is 1. The zero-order valence-electron chi connectivity index (χ0n) is 15.3. The lowest BCUT2D eigenvalue weighted by Crippen LogP contribution is -2.23. The molecule has 6 heteroatoms. The minimum atomic E-state index is -0.138. The Bertz CT molecular complexity index is 1080. The topological polar surface area (TPSA) is 68.5 Å². The van der Waals surface area contributed by atoms with Gasteiger partial charge in [-0.05, 0) is 28.8 Å². The molecule has 1 amide bonds. The second-order valence-corrected chi connectivity index (χ2v) is 6.50. The molecule has 0 saturated carbocycles. The van der Waals surface area contributed by atoms with Gasteiger partial charge in [-0.1, -0.05) is 54.6 Å². The van der Waals surface area contributed by atoms with Crippen molar-refractivity contribution < 1.29 is 9.53 Å². The van der Waals surface area contributed by atoms with Crippen molar-refractivity contribution in [3.63, 3.8) is 0 Å². The first kappa shape index (κ1) is 17.9. The predicted molar refractivity (Wildman–Crippen MR) is 106 cm³/mol. The molecule has 140 valence electrons. The van der Waals surface area contributed by atoms with Crippen LogP contribution in [0.5, 0.6) is 0 Å². The molecule has 2 heterocycles. The van der Waals surface area contributed by atoms with Crippen LogP contribution in [-0.4, -0.2) is 20.5 Å². The van der Waals surface area contributed by atoms with Gasteiger partial charge in [0.05, 0.1) is 18.8 Å². The third-order valence-electron chi connectivity index (χ3n) is 4.38. The van der Waals surface area contributed by atoms with Crippen molar-refractivity contribution in [1.29, 1.82) is 0 Å². The number of benzene rings is 2. The van der Waals surface area contributed by atoms with Crippen LogP contribution in [0.1, 0.15) is 27.0 Å². The summed E-state index contributed by atoms with van der Waals surface area (Å²) in [5.41, 5.74) is 4.53. The standard InChI is InChI=1S/C22H20N4O2/c27-22(20-9-10-21-25-24-16-26(21)13-20)23-12-18-7-4-8-19(11-18)15-28-14-17-5-2-1-3-6-17/h1-11,13,16H,12,14-15H2,(H,23,27). The zero-order chi connectivity index (χ0) is 19.2. The largest absolute Gasteiger partial charge is 0.372 e. The average molecular weight is 372 g/mol. The van der Waals surface area contributed by atoms with Crippen molar-refractivity contribution in [2.75, 3.05) is 0 Å². The molecule has 0 radical (unpaired) electrons. The molecule has 0 unspecified atom stereocenters. The van der Waals surface area contributed by atoms with Gasteiger partial charge in [-0.15, -0.1) is 10.2 Å². The highest BCUT2D eigenvalue weighted by atomic mass is 16.5. The van der Waals surface area contributed by atoms with E-state index in [0.29, 0.717) is 31.0 Å². The Hall–Kier alpha value is -3.51. The van der Waals surface area contributed by atoms with Crippen molar-refractivity contribution in [1.82, 2.24) is 19.9 Å². The molecule has 0 fully saturated rings. The number of fused-ring (bicyclic) bond motifs is 1. The molecule has 0 aliphatic heterocycles. The second-order valence-electron chi connectivity index (χ2n) is 6.50. The molecule has 2 aromatic heterocycles. The highest BCUT2D eigenvalue weighted by molar-refractivity contribution is 5.94. The van der Waals surface area contributed by atoms with Crippen LogP contribution < -0.4 is 5.32 Å². The predicted octanol–water partition coefficient (Wildman–Crippen LogP) is 3.38. The number of carbonyl (C=O) groups is 1. The molecule has 0 aliphatic rings. The molecule has 0 bridgehead atoms. The van der Waals surface area contributed by atoms with Crippen molar-refractivity contribution in [3.8, 4) is 0 Å². The Morgan fingerprint density at radius 3 is 2.61 bits per heavy atom. The number of carbonyl (C=O) groups excluding carboxylic acids is 1. The third-order valence-corrected chi connectivity index (χ3v) is 4.38. The van der Waals surface area contributed by atoms with E-state index in [0.717, 1.165) is 16.7 Å². The summed E-state index contributed by atoms with van der Waals surface area (Å²) < 4.78 is 7.51. The lowest BCUT2D eigenvalue weighted by Gasteiger charge is -2.09. The SMILES string of the molecule is O=C(NCc1cccc(COCc2ccccc2)c1)c1ccc2nncn2c1. The van der Waals surface area contributed by atoms with Crippen LogP contribution in [0.3, 0.4) is 0 Å². The molecule has 28 heavy (non-hydrogen) atoms. The molecule has 2 aromatic carbocycles. The van der Waals surface area contributed by atoms with Crippen LogP contribution >= 0.6 is 0 Å². The summed E-state index contributed by atoms with van der Waals surface area (Å²) in [5.74, 6) is -0.138. The summed E-state index contributed by atoms with van der Waals surface area (Å²) in [7, 11) is 0. The number of nitrogens with zero attached hydrogens (tertiary/aromatic N) is 3. The molecule has 0 aliphatic carbocycles. The van der Waals surface area contributed by atoms with Crippen LogP contribution in [0, 0.1) is 0 Å².